The van der Waals surface area contributed by atoms with E-state index in [2.05, 4.69) is 15.4 Å². The van der Waals surface area contributed by atoms with E-state index in [1.54, 1.807) is 44.4 Å². The molecule has 11 heteroatoms. The summed E-state index contributed by atoms with van der Waals surface area (Å²) in [7, 11) is -0.642. The zero-order valence-electron chi connectivity index (χ0n) is 28.3. The summed E-state index contributed by atoms with van der Waals surface area (Å²) < 4.78 is 27.5. The zero-order chi connectivity index (χ0) is 34.3. The number of anilines is 1. The maximum Gasteiger partial charge on any atom is 0.260 e. The predicted molar refractivity (Wildman–Crippen MR) is 180 cm³/mol. The third-order valence-corrected chi connectivity index (χ3v) is 9.24. The Bertz CT molecular complexity index is 1460. The smallest absolute Gasteiger partial charge is 0.260 e. The molecule has 1 unspecified atom stereocenters. The number of carbonyl (C=O) groups excluding carboxylic acids is 3. The molecule has 0 fully saturated rings. The van der Waals surface area contributed by atoms with Gasteiger partial charge in [0.05, 0.1) is 17.8 Å². The molecule has 2 rings (SSSR count). The molecule has 0 heterocycles. The fourth-order valence-corrected chi connectivity index (χ4v) is 6.40. The maximum atomic E-state index is 14.1. The number of amides is 3. The van der Waals surface area contributed by atoms with Gasteiger partial charge < -0.3 is 21.3 Å². The molecule has 3 amide bonds. The van der Waals surface area contributed by atoms with Crippen molar-refractivity contribution in [3.8, 4) is 0 Å². The Morgan fingerprint density at radius 2 is 1.49 bits per heavy atom. The summed E-state index contributed by atoms with van der Waals surface area (Å²) in [5, 5.41) is 6.15. The lowest BCUT2D eigenvalue weighted by Crippen LogP contribution is -2.61. The minimum Gasteiger partial charge on any atom is -0.399 e. The van der Waals surface area contributed by atoms with E-state index in [9.17, 15) is 22.8 Å². The first-order valence-corrected chi connectivity index (χ1v) is 16.7. The van der Waals surface area contributed by atoms with Gasteiger partial charge in [-0.25, -0.2) is 13.1 Å². The molecule has 45 heavy (non-hydrogen) atoms. The van der Waals surface area contributed by atoms with Gasteiger partial charge in [-0.1, -0.05) is 97.0 Å². The molecule has 0 aromatic heterocycles. The number of nitrogens with one attached hydrogen (secondary N) is 3. The minimum atomic E-state index is -3.99. The Balaban J connectivity index is 2.29. The lowest BCUT2D eigenvalue weighted by atomic mass is 9.76. The topological polar surface area (TPSA) is 151 Å². The van der Waals surface area contributed by atoms with Crippen molar-refractivity contribution in [2.75, 3.05) is 19.8 Å². The second-order valence-electron chi connectivity index (χ2n) is 13.6. The SMILES string of the molecule is CN[C@H](C(=O)NC(C(=O)N(C)[C@H](/C=C(\C)C(=O)NS(=O)(=O)Cc1ccc(N)cc1)C(C)C)C(C)(C)C)C(C)(C)c1ccccc1. The van der Waals surface area contributed by atoms with Gasteiger partial charge in [0.2, 0.25) is 21.8 Å². The van der Waals surface area contributed by atoms with Gasteiger partial charge in [0.25, 0.3) is 5.91 Å². The van der Waals surface area contributed by atoms with E-state index in [0.29, 0.717) is 11.3 Å². The molecule has 3 atom stereocenters. The van der Waals surface area contributed by atoms with Crippen LogP contribution in [0.2, 0.25) is 0 Å². The van der Waals surface area contributed by atoms with Crippen LogP contribution in [0.3, 0.4) is 0 Å². The quantitative estimate of drug-likeness (QED) is 0.192. The summed E-state index contributed by atoms with van der Waals surface area (Å²) >= 11 is 0. The Hall–Kier alpha value is -3.70. The van der Waals surface area contributed by atoms with Crippen LogP contribution >= 0.6 is 0 Å². The lowest BCUT2D eigenvalue weighted by molar-refractivity contribution is -0.140. The summed E-state index contributed by atoms with van der Waals surface area (Å²) in [5.74, 6) is -1.95. The molecule has 2 aromatic rings. The van der Waals surface area contributed by atoms with Crippen LogP contribution in [0.25, 0.3) is 0 Å². The van der Waals surface area contributed by atoms with E-state index >= 15 is 0 Å². The van der Waals surface area contributed by atoms with Crippen molar-refractivity contribution < 1.29 is 22.8 Å². The molecule has 0 aliphatic heterocycles. The molecular weight excluding hydrogens is 590 g/mol. The van der Waals surface area contributed by atoms with Gasteiger partial charge in [-0.05, 0) is 48.6 Å². The molecule has 248 valence electrons. The van der Waals surface area contributed by atoms with Crippen molar-refractivity contribution in [1.82, 2.24) is 20.3 Å². The summed E-state index contributed by atoms with van der Waals surface area (Å²) in [4.78, 5) is 42.3. The summed E-state index contributed by atoms with van der Waals surface area (Å²) in [6.07, 6.45) is 1.59. The average molecular weight is 642 g/mol. The van der Waals surface area contributed by atoms with Gasteiger partial charge in [-0.2, -0.15) is 0 Å². The third kappa shape index (κ3) is 10.2. The standard InChI is InChI=1S/C34H51N5O5S/c1-22(2)27(20-23(3)30(40)38-45(43,44)21-24-16-18-26(35)19-17-24)39(10)32(42)29(33(4,5)6)37-31(41)28(36-9)34(7,8)25-14-12-11-13-15-25/h11-20,22,27-29,36H,21,35H2,1-10H3,(H,37,41)(H,38,40)/b23-20+/t27-,28-,29?/m1/s1. The van der Waals surface area contributed by atoms with Crippen LogP contribution < -0.4 is 21.1 Å². The maximum absolute atomic E-state index is 14.1. The number of nitrogens with two attached hydrogens (primary N) is 1. The molecule has 0 saturated carbocycles. The van der Waals surface area contributed by atoms with E-state index in [0.717, 1.165) is 5.56 Å². The molecule has 2 aromatic carbocycles. The van der Waals surface area contributed by atoms with Gasteiger partial charge in [0.1, 0.15) is 6.04 Å². The van der Waals surface area contributed by atoms with Crippen molar-refractivity contribution in [3.05, 3.63) is 77.4 Å². The van der Waals surface area contributed by atoms with E-state index < -0.39 is 44.9 Å². The van der Waals surface area contributed by atoms with E-state index in [4.69, 9.17) is 5.73 Å². The third-order valence-electron chi connectivity index (χ3n) is 8.03. The molecular formula is C34H51N5O5S. The summed E-state index contributed by atoms with van der Waals surface area (Å²) in [6, 6.07) is 14.0. The summed E-state index contributed by atoms with van der Waals surface area (Å²) in [6.45, 7) is 14.9. The highest BCUT2D eigenvalue weighted by atomic mass is 32.2. The molecule has 0 saturated heterocycles. The van der Waals surface area contributed by atoms with Crippen molar-refractivity contribution in [3.63, 3.8) is 0 Å². The van der Waals surface area contributed by atoms with E-state index in [1.165, 1.54) is 11.8 Å². The van der Waals surface area contributed by atoms with Crippen molar-refractivity contribution in [1.29, 1.82) is 0 Å². The molecule has 0 radical (unpaired) electrons. The number of benzene rings is 2. The Morgan fingerprint density at radius 3 is 1.98 bits per heavy atom. The molecule has 10 nitrogen and oxygen atoms in total. The Morgan fingerprint density at radius 1 is 0.933 bits per heavy atom. The van der Waals surface area contributed by atoms with Gasteiger partial charge in [-0.15, -0.1) is 0 Å². The second-order valence-corrected chi connectivity index (χ2v) is 15.3. The number of hydrogen-bond acceptors (Lipinski definition) is 7. The van der Waals surface area contributed by atoms with Crippen LogP contribution in [0.5, 0.6) is 0 Å². The van der Waals surface area contributed by atoms with Crippen molar-refractivity contribution in [2.45, 2.75) is 84.7 Å². The lowest BCUT2D eigenvalue weighted by Gasteiger charge is -2.40. The first-order valence-electron chi connectivity index (χ1n) is 15.1. The largest absolute Gasteiger partial charge is 0.399 e. The highest BCUT2D eigenvalue weighted by Gasteiger charge is 2.41. The molecule has 0 aliphatic carbocycles. The number of hydrogen-bond donors (Lipinski definition) is 4. The zero-order valence-corrected chi connectivity index (χ0v) is 29.1. The second kappa shape index (κ2) is 15.1. The number of sulfonamides is 1. The van der Waals surface area contributed by atoms with Crippen molar-refractivity contribution >= 4 is 33.4 Å². The van der Waals surface area contributed by atoms with Crippen molar-refractivity contribution in [2.24, 2.45) is 11.3 Å². The normalized spacial score (nSPS) is 14.8. The van der Waals surface area contributed by atoms with Gasteiger partial charge in [0.15, 0.2) is 0 Å². The predicted octanol–water partition coefficient (Wildman–Crippen LogP) is 3.74. The van der Waals surface area contributed by atoms with E-state index in [-0.39, 0.29) is 29.1 Å². The van der Waals surface area contributed by atoms with Crippen LogP contribution in [-0.4, -0.2) is 63.3 Å². The fraction of sp³-hybridized carbons (Fsp3) is 0.500. The van der Waals surface area contributed by atoms with Gasteiger partial charge >= 0.3 is 0 Å². The van der Waals surface area contributed by atoms with Crippen LogP contribution in [0.1, 0.15) is 66.5 Å². The number of nitrogen functional groups attached to an aromatic ring is 1. The first-order chi connectivity index (χ1) is 20.7. The minimum absolute atomic E-state index is 0.133. The van der Waals surface area contributed by atoms with Gasteiger partial charge in [-0.3, -0.25) is 14.4 Å². The first kappa shape index (κ1) is 37.5. The number of rotatable bonds is 13. The Labute approximate surface area is 269 Å². The highest BCUT2D eigenvalue weighted by Crippen LogP contribution is 2.29. The highest BCUT2D eigenvalue weighted by molar-refractivity contribution is 7.89. The molecule has 0 bridgehead atoms. The summed E-state index contributed by atoms with van der Waals surface area (Å²) in [5.41, 5.74) is 6.55. The molecule has 5 N–H and O–H groups in total. The van der Waals surface area contributed by atoms with Crippen LogP contribution in [0.4, 0.5) is 5.69 Å². The molecule has 0 spiro atoms. The van der Waals surface area contributed by atoms with Crippen LogP contribution in [0, 0.1) is 11.3 Å². The average Bonchev–Trinajstić information content (AvgIpc) is 2.94. The number of carbonyl (C=O) groups is 3. The van der Waals surface area contributed by atoms with Crippen LogP contribution in [-0.2, 0) is 35.6 Å². The monoisotopic (exact) mass is 641 g/mol. The fourth-order valence-electron chi connectivity index (χ4n) is 5.25. The number of nitrogens with zero attached hydrogens (tertiary/aromatic N) is 1. The molecule has 0 aliphatic rings. The number of likely N-dealkylation sites (N-methyl/N-ethyl adjacent to an activating group) is 2. The van der Waals surface area contributed by atoms with Gasteiger partial charge in [0, 0.05) is 23.7 Å². The van der Waals surface area contributed by atoms with Crippen LogP contribution in [0.15, 0.2) is 66.2 Å². The van der Waals surface area contributed by atoms with E-state index in [1.807, 2.05) is 78.8 Å². The Kier molecular flexibility index (Phi) is 12.5.